The molecule has 0 aromatic heterocycles. The van der Waals surface area contributed by atoms with E-state index in [0.29, 0.717) is 6.04 Å². The van der Waals surface area contributed by atoms with Gasteiger partial charge in [-0.15, -0.1) is 0 Å². The van der Waals surface area contributed by atoms with Gasteiger partial charge in [0.05, 0.1) is 0 Å². The Morgan fingerprint density at radius 3 is 2.32 bits per heavy atom. The predicted octanol–water partition coefficient (Wildman–Crippen LogP) is 3.76. The second-order valence-corrected chi connectivity index (χ2v) is 5.89. The minimum Gasteiger partial charge on any atom is -0.372 e. The van der Waals surface area contributed by atoms with Crippen LogP contribution >= 0.6 is 11.8 Å². The Morgan fingerprint density at radius 1 is 1.16 bits per heavy atom. The van der Waals surface area contributed by atoms with Crippen molar-refractivity contribution in [3.63, 3.8) is 0 Å². The molecule has 0 spiro atoms. The average Bonchev–Trinajstić information content (AvgIpc) is 2.45. The second kappa shape index (κ2) is 9.27. The molecule has 1 unspecified atom stereocenters. The van der Waals surface area contributed by atoms with Crippen molar-refractivity contribution in [2.45, 2.75) is 39.8 Å². The van der Waals surface area contributed by atoms with Crippen LogP contribution in [-0.4, -0.2) is 31.1 Å². The number of rotatable bonds is 9. The van der Waals surface area contributed by atoms with Gasteiger partial charge >= 0.3 is 0 Å². The Hall–Kier alpha value is -0.670. The molecule has 1 aromatic rings. The van der Waals surface area contributed by atoms with Crippen molar-refractivity contribution in [1.82, 2.24) is 5.32 Å². The number of hydrogen-bond donors (Lipinski definition) is 1. The Kier molecular flexibility index (Phi) is 7.99. The van der Waals surface area contributed by atoms with Crippen LogP contribution in [0.2, 0.25) is 0 Å². The normalized spacial score (nSPS) is 12.4. The Labute approximate surface area is 123 Å². The summed E-state index contributed by atoms with van der Waals surface area (Å²) in [7, 11) is 0. The summed E-state index contributed by atoms with van der Waals surface area (Å²) in [6, 6.07) is 9.53. The van der Waals surface area contributed by atoms with Crippen molar-refractivity contribution < 1.29 is 0 Å². The number of nitrogens with one attached hydrogen (secondary N) is 1. The van der Waals surface area contributed by atoms with Crippen molar-refractivity contribution in [3.8, 4) is 0 Å². The lowest BCUT2D eigenvalue weighted by Crippen LogP contribution is -2.26. The van der Waals surface area contributed by atoms with E-state index in [9.17, 15) is 0 Å². The molecule has 0 radical (unpaired) electrons. The van der Waals surface area contributed by atoms with Crippen LogP contribution in [-0.2, 0) is 6.54 Å². The molecule has 0 aliphatic rings. The SMILES string of the molecule is CCN(CC)c1ccc(CNC(C)CCSC)cc1. The van der Waals surface area contributed by atoms with E-state index in [4.69, 9.17) is 0 Å². The average molecular weight is 280 g/mol. The van der Waals surface area contributed by atoms with Crippen molar-refractivity contribution in [3.05, 3.63) is 29.8 Å². The first-order chi connectivity index (χ1) is 9.21. The van der Waals surface area contributed by atoms with Crippen LogP contribution in [0.25, 0.3) is 0 Å². The molecular formula is C16H28N2S. The highest BCUT2D eigenvalue weighted by Gasteiger charge is 2.03. The summed E-state index contributed by atoms with van der Waals surface area (Å²) in [4.78, 5) is 2.37. The van der Waals surface area contributed by atoms with Crippen molar-refractivity contribution in [1.29, 1.82) is 0 Å². The monoisotopic (exact) mass is 280 g/mol. The molecule has 108 valence electrons. The molecule has 0 aliphatic heterocycles. The zero-order valence-corrected chi connectivity index (χ0v) is 13.6. The molecule has 0 saturated heterocycles. The van der Waals surface area contributed by atoms with Gasteiger partial charge in [-0.25, -0.2) is 0 Å². The van der Waals surface area contributed by atoms with Gasteiger partial charge in [-0.1, -0.05) is 12.1 Å². The molecule has 0 saturated carbocycles. The third kappa shape index (κ3) is 5.87. The quantitative estimate of drug-likeness (QED) is 0.741. The lowest BCUT2D eigenvalue weighted by Gasteiger charge is -2.21. The largest absolute Gasteiger partial charge is 0.372 e. The molecular weight excluding hydrogens is 252 g/mol. The van der Waals surface area contributed by atoms with Crippen LogP contribution in [0.1, 0.15) is 32.8 Å². The number of anilines is 1. The first-order valence-corrected chi connectivity index (χ1v) is 8.66. The highest BCUT2D eigenvalue weighted by atomic mass is 32.2. The summed E-state index contributed by atoms with van der Waals surface area (Å²) in [5.74, 6) is 1.23. The third-order valence-corrected chi connectivity index (χ3v) is 4.12. The van der Waals surface area contributed by atoms with Gasteiger partial charge in [-0.3, -0.25) is 0 Å². The maximum absolute atomic E-state index is 3.58. The molecule has 1 aromatic carbocycles. The van der Waals surface area contributed by atoms with Crippen LogP contribution in [0, 0.1) is 0 Å². The molecule has 2 nitrogen and oxygen atoms in total. The summed E-state index contributed by atoms with van der Waals surface area (Å²) in [5.41, 5.74) is 2.69. The highest BCUT2D eigenvalue weighted by molar-refractivity contribution is 7.98. The van der Waals surface area contributed by atoms with Crippen molar-refractivity contribution >= 4 is 17.4 Å². The minimum absolute atomic E-state index is 0.593. The zero-order valence-electron chi connectivity index (χ0n) is 12.8. The fourth-order valence-corrected chi connectivity index (χ4v) is 2.69. The number of benzene rings is 1. The van der Waals surface area contributed by atoms with Crippen LogP contribution < -0.4 is 10.2 Å². The van der Waals surface area contributed by atoms with Crippen molar-refractivity contribution in [2.75, 3.05) is 30.0 Å². The molecule has 3 heteroatoms. The topological polar surface area (TPSA) is 15.3 Å². The Morgan fingerprint density at radius 2 is 1.79 bits per heavy atom. The molecule has 0 amide bonds. The lowest BCUT2D eigenvalue weighted by atomic mass is 10.1. The van der Waals surface area contributed by atoms with Gasteiger partial charge < -0.3 is 10.2 Å². The van der Waals surface area contributed by atoms with Crippen LogP contribution in [0.3, 0.4) is 0 Å². The smallest absolute Gasteiger partial charge is 0.0366 e. The fraction of sp³-hybridized carbons (Fsp3) is 0.625. The first-order valence-electron chi connectivity index (χ1n) is 7.27. The summed E-state index contributed by atoms with van der Waals surface area (Å²) >= 11 is 1.92. The second-order valence-electron chi connectivity index (χ2n) is 4.90. The van der Waals surface area contributed by atoms with Crippen LogP contribution in [0.15, 0.2) is 24.3 Å². The van der Waals surface area contributed by atoms with E-state index in [1.807, 2.05) is 11.8 Å². The van der Waals surface area contributed by atoms with Gasteiger partial charge in [0.25, 0.3) is 0 Å². The van der Waals surface area contributed by atoms with Crippen molar-refractivity contribution in [2.24, 2.45) is 0 Å². The van der Waals surface area contributed by atoms with Crippen LogP contribution in [0.5, 0.6) is 0 Å². The zero-order chi connectivity index (χ0) is 14.1. The summed E-state index contributed by atoms with van der Waals surface area (Å²) in [5, 5.41) is 3.58. The molecule has 0 aliphatic carbocycles. The first kappa shape index (κ1) is 16.4. The Balaban J connectivity index is 2.43. The highest BCUT2D eigenvalue weighted by Crippen LogP contribution is 2.15. The van der Waals surface area contributed by atoms with E-state index in [2.05, 4.69) is 61.5 Å². The number of hydrogen-bond acceptors (Lipinski definition) is 3. The maximum atomic E-state index is 3.58. The van der Waals surface area contributed by atoms with E-state index < -0.39 is 0 Å². The molecule has 1 atom stereocenters. The van der Waals surface area contributed by atoms with Gasteiger partial charge in [0.1, 0.15) is 0 Å². The molecule has 1 N–H and O–H groups in total. The van der Waals surface area contributed by atoms with E-state index in [1.54, 1.807) is 0 Å². The third-order valence-electron chi connectivity index (χ3n) is 3.47. The minimum atomic E-state index is 0.593. The number of thioether (sulfide) groups is 1. The summed E-state index contributed by atoms with van der Waals surface area (Å²) in [6.45, 7) is 9.77. The molecule has 0 heterocycles. The predicted molar refractivity (Wildman–Crippen MR) is 89.3 cm³/mol. The van der Waals surface area contributed by atoms with E-state index in [-0.39, 0.29) is 0 Å². The number of nitrogens with zero attached hydrogens (tertiary/aromatic N) is 1. The lowest BCUT2D eigenvalue weighted by molar-refractivity contribution is 0.537. The van der Waals surface area contributed by atoms with Gasteiger partial charge in [-0.05, 0) is 56.9 Å². The summed E-state index contributed by atoms with van der Waals surface area (Å²) < 4.78 is 0. The van der Waals surface area contributed by atoms with Gasteiger partial charge in [-0.2, -0.15) is 11.8 Å². The summed E-state index contributed by atoms with van der Waals surface area (Å²) in [6.07, 6.45) is 3.40. The van der Waals surface area contributed by atoms with E-state index >= 15 is 0 Å². The van der Waals surface area contributed by atoms with Crippen LogP contribution in [0.4, 0.5) is 5.69 Å². The maximum Gasteiger partial charge on any atom is 0.0366 e. The molecule has 0 bridgehead atoms. The van der Waals surface area contributed by atoms with E-state index in [1.165, 1.54) is 23.4 Å². The van der Waals surface area contributed by atoms with E-state index in [0.717, 1.165) is 19.6 Å². The molecule has 0 fully saturated rings. The van der Waals surface area contributed by atoms with Gasteiger partial charge in [0.15, 0.2) is 0 Å². The Bertz CT molecular complexity index is 333. The van der Waals surface area contributed by atoms with Gasteiger partial charge in [0.2, 0.25) is 0 Å². The molecule has 1 rings (SSSR count). The molecule has 19 heavy (non-hydrogen) atoms. The standard InChI is InChI=1S/C16H28N2S/c1-5-18(6-2)16-9-7-15(8-10-16)13-17-14(3)11-12-19-4/h7-10,14,17H,5-6,11-13H2,1-4H3. The fourth-order valence-electron chi connectivity index (χ4n) is 2.10. The van der Waals surface area contributed by atoms with Gasteiger partial charge in [0, 0.05) is 31.4 Å².